The molecule has 2 heterocycles. The van der Waals surface area contributed by atoms with Crippen molar-refractivity contribution >= 4 is 58.6 Å². The number of allylic oxidation sites excluding steroid dienone is 10. The van der Waals surface area contributed by atoms with Crippen LogP contribution in [0.3, 0.4) is 0 Å². The van der Waals surface area contributed by atoms with Crippen LogP contribution in [0.25, 0.3) is 18.2 Å². The Labute approximate surface area is 288 Å². The maximum Gasteiger partial charge on any atom is 0.226 e. The molecule has 4 atom stereocenters. The maximum atomic E-state index is 2.64. The van der Waals surface area contributed by atoms with Gasteiger partial charge in [0, 0.05) is 40.3 Å². The normalized spacial score (nSPS) is 24.4. The number of hydrogen-bond acceptors (Lipinski definition) is 2. The van der Waals surface area contributed by atoms with Gasteiger partial charge in [-0.1, -0.05) is 128 Å². The molecule has 3 heteroatoms. The molecule has 0 spiro atoms. The van der Waals surface area contributed by atoms with Crippen molar-refractivity contribution in [1.29, 1.82) is 0 Å². The number of para-hydroxylation sites is 1. The Hall–Kier alpha value is -5.54. The number of benzene rings is 4. The fourth-order valence-electron chi connectivity index (χ4n) is 9.62. The first-order valence-electron chi connectivity index (χ1n) is 17.8. The minimum atomic E-state index is 0.223. The molecule has 2 aliphatic heterocycles. The Morgan fingerprint density at radius 3 is 2.47 bits per heavy atom. The third kappa shape index (κ3) is 4.09. The summed E-state index contributed by atoms with van der Waals surface area (Å²) in [5.41, 5.74) is 14.9. The lowest BCUT2D eigenvalue weighted by atomic mass is 9.29. The first kappa shape index (κ1) is 27.4. The van der Waals surface area contributed by atoms with Crippen molar-refractivity contribution in [2.45, 2.75) is 24.7 Å². The third-order valence-electron chi connectivity index (χ3n) is 11.8. The van der Waals surface area contributed by atoms with E-state index >= 15 is 0 Å². The summed E-state index contributed by atoms with van der Waals surface area (Å²) in [6, 6.07) is 32.4. The third-order valence-corrected chi connectivity index (χ3v) is 11.8. The molecule has 5 aliphatic carbocycles. The fraction of sp³-hybridized carbons (Fsp3) is 0.130. The predicted octanol–water partition coefficient (Wildman–Crippen LogP) is 7.55. The van der Waals surface area contributed by atoms with Crippen LogP contribution in [0.2, 0.25) is 5.82 Å². The Balaban J connectivity index is 1.09. The molecule has 0 fully saturated rings. The van der Waals surface area contributed by atoms with E-state index in [0.29, 0.717) is 17.7 Å². The quantitative estimate of drug-likeness (QED) is 0.212. The minimum Gasteiger partial charge on any atom is -0.335 e. The first-order chi connectivity index (χ1) is 24.3. The summed E-state index contributed by atoms with van der Waals surface area (Å²) >= 11 is 0. The van der Waals surface area contributed by atoms with Crippen molar-refractivity contribution in [2.24, 2.45) is 11.8 Å². The molecular formula is C46H35BN2. The number of nitrogens with zero attached hydrogens (tertiary/aromatic N) is 2. The lowest BCUT2D eigenvalue weighted by Gasteiger charge is -2.50. The minimum absolute atomic E-state index is 0.223. The average molecular weight is 627 g/mol. The van der Waals surface area contributed by atoms with Gasteiger partial charge in [-0.2, -0.15) is 0 Å². The highest BCUT2D eigenvalue weighted by molar-refractivity contribution is 6.91. The van der Waals surface area contributed by atoms with Crippen molar-refractivity contribution < 1.29 is 0 Å². The van der Waals surface area contributed by atoms with Gasteiger partial charge in [0.1, 0.15) is 0 Å². The molecule has 2 nitrogen and oxygen atoms in total. The molecule has 0 aromatic heterocycles. The largest absolute Gasteiger partial charge is 0.335 e. The van der Waals surface area contributed by atoms with Crippen LogP contribution in [0.5, 0.6) is 0 Å². The summed E-state index contributed by atoms with van der Waals surface area (Å²) in [6.45, 7) is 0.270. The molecule has 0 saturated heterocycles. The molecule has 4 aromatic rings. The summed E-state index contributed by atoms with van der Waals surface area (Å²) in [5.74, 6) is 1.22. The average Bonchev–Trinajstić information content (AvgIpc) is 3.15. The fourth-order valence-corrected chi connectivity index (χ4v) is 9.62. The standard InChI is InChI=1S/C46H35BN2/c1-3-12-32-26-36-28-38(22-20-34(36)24-30(32)10-1)48-42-16-7-5-14-40(42)47-41-15-6-8-17-43(41)49(45-19-9-18-44(48)46(45)47)39-23-21-35-25-31-11-2-4-13-33(31)27-37(35)29-39/h1-20,22-23,25-30,35,40,42H,21,24H2. The highest BCUT2D eigenvalue weighted by Crippen LogP contribution is 2.48. The molecule has 0 N–H and O–H groups in total. The zero-order chi connectivity index (χ0) is 32.1. The highest BCUT2D eigenvalue weighted by Gasteiger charge is 2.48. The molecular weight excluding hydrogens is 591 g/mol. The van der Waals surface area contributed by atoms with Crippen molar-refractivity contribution in [3.8, 4) is 0 Å². The van der Waals surface area contributed by atoms with Crippen LogP contribution in [0.4, 0.5) is 22.7 Å². The van der Waals surface area contributed by atoms with E-state index in [1.165, 1.54) is 72.1 Å². The zero-order valence-electron chi connectivity index (χ0n) is 27.3. The topological polar surface area (TPSA) is 6.48 Å². The second kappa shape index (κ2) is 10.5. The Kier molecular flexibility index (Phi) is 5.86. The molecule has 7 aliphatic rings. The van der Waals surface area contributed by atoms with Crippen LogP contribution >= 0.6 is 0 Å². The van der Waals surface area contributed by atoms with E-state index in [2.05, 4.69) is 174 Å². The van der Waals surface area contributed by atoms with Gasteiger partial charge < -0.3 is 9.80 Å². The van der Waals surface area contributed by atoms with E-state index in [0.717, 1.165) is 12.8 Å². The van der Waals surface area contributed by atoms with Gasteiger partial charge in [0.2, 0.25) is 6.71 Å². The van der Waals surface area contributed by atoms with E-state index in [-0.39, 0.29) is 12.8 Å². The predicted molar refractivity (Wildman–Crippen MR) is 207 cm³/mol. The summed E-state index contributed by atoms with van der Waals surface area (Å²) in [7, 11) is 0. The summed E-state index contributed by atoms with van der Waals surface area (Å²) in [6.07, 6.45) is 32.7. The van der Waals surface area contributed by atoms with E-state index in [1.54, 1.807) is 0 Å². The number of hydrogen-bond donors (Lipinski definition) is 0. The van der Waals surface area contributed by atoms with Gasteiger partial charge in [-0.3, -0.25) is 0 Å². The van der Waals surface area contributed by atoms with Crippen molar-refractivity contribution in [3.63, 3.8) is 0 Å². The van der Waals surface area contributed by atoms with Crippen LogP contribution < -0.4 is 31.2 Å². The van der Waals surface area contributed by atoms with Crippen molar-refractivity contribution in [1.82, 2.24) is 0 Å². The SMILES string of the molecule is C1=CC2=Cc3cc(N4c5cccc6c5B(c5ccccc5N6C5=CCC6C=c7ccccc7=CC6=C5)C5C=CC=CC54)ccc3CC2C=C1. The van der Waals surface area contributed by atoms with E-state index in [1.807, 2.05) is 0 Å². The van der Waals surface area contributed by atoms with Gasteiger partial charge in [0.05, 0.1) is 6.04 Å². The van der Waals surface area contributed by atoms with Gasteiger partial charge >= 0.3 is 0 Å². The van der Waals surface area contributed by atoms with Crippen molar-refractivity contribution in [2.75, 3.05) is 9.80 Å². The van der Waals surface area contributed by atoms with E-state index in [4.69, 9.17) is 0 Å². The van der Waals surface area contributed by atoms with Crippen LogP contribution in [0, 0.1) is 11.8 Å². The number of anilines is 4. The lowest BCUT2D eigenvalue weighted by Crippen LogP contribution is -2.61. The molecule has 232 valence electrons. The Morgan fingerprint density at radius 2 is 1.49 bits per heavy atom. The van der Waals surface area contributed by atoms with Crippen LogP contribution in [-0.2, 0) is 6.42 Å². The summed E-state index contributed by atoms with van der Waals surface area (Å²) in [5, 5.41) is 2.66. The van der Waals surface area contributed by atoms with Gasteiger partial charge in [-0.15, -0.1) is 0 Å². The lowest BCUT2D eigenvalue weighted by molar-refractivity contribution is 0.753. The van der Waals surface area contributed by atoms with Gasteiger partial charge in [0.25, 0.3) is 0 Å². The first-order valence-corrected chi connectivity index (χ1v) is 17.8. The van der Waals surface area contributed by atoms with Gasteiger partial charge in [-0.25, -0.2) is 0 Å². The highest BCUT2D eigenvalue weighted by atomic mass is 15.2. The molecule has 49 heavy (non-hydrogen) atoms. The molecule has 0 radical (unpaired) electrons. The van der Waals surface area contributed by atoms with Crippen LogP contribution in [0.15, 0.2) is 163 Å². The Morgan fingerprint density at radius 1 is 0.653 bits per heavy atom. The molecule has 0 bridgehead atoms. The molecule has 0 saturated carbocycles. The monoisotopic (exact) mass is 626 g/mol. The Bertz CT molecular complexity index is 2450. The van der Waals surface area contributed by atoms with Gasteiger partial charge in [-0.05, 0) is 98.7 Å². The van der Waals surface area contributed by atoms with Crippen LogP contribution in [-0.4, -0.2) is 12.8 Å². The van der Waals surface area contributed by atoms with Crippen molar-refractivity contribution in [3.05, 3.63) is 184 Å². The maximum absolute atomic E-state index is 2.64. The number of fused-ring (bicyclic) bond motifs is 8. The smallest absolute Gasteiger partial charge is 0.226 e. The second-order valence-electron chi connectivity index (χ2n) is 14.4. The molecule has 4 aromatic carbocycles. The van der Waals surface area contributed by atoms with E-state index in [9.17, 15) is 0 Å². The molecule has 0 amide bonds. The van der Waals surface area contributed by atoms with E-state index < -0.39 is 0 Å². The summed E-state index contributed by atoms with van der Waals surface area (Å²) < 4.78 is 0. The molecule has 11 rings (SSSR count). The summed E-state index contributed by atoms with van der Waals surface area (Å²) in [4.78, 5) is 5.20. The van der Waals surface area contributed by atoms with Crippen LogP contribution in [0.1, 0.15) is 17.5 Å². The second-order valence-corrected chi connectivity index (χ2v) is 14.4. The van der Waals surface area contributed by atoms with Gasteiger partial charge in [0.15, 0.2) is 0 Å². The molecule has 4 unspecified atom stereocenters. The zero-order valence-corrected chi connectivity index (χ0v) is 27.3. The number of rotatable bonds is 2.